The molecule has 32 heavy (non-hydrogen) atoms. The minimum atomic E-state index is -0.600. The first-order chi connectivity index (χ1) is 15.5. The number of amides is 3. The van der Waals surface area contributed by atoms with E-state index in [0.29, 0.717) is 17.2 Å². The lowest BCUT2D eigenvalue weighted by atomic mass is 10.1. The highest BCUT2D eigenvalue weighted by atomic mass is 79.9. The van der Waals surface area contributed by atoms with Gasteiger partial charge in [0, 0.05) is 23.1 Å². The van der Waals surface area contributed by atoms with Gasteiger partial charge < -0.3 is 14.1 Å². The van der Waals surface area contributed by atoms with E-state index in [-0.39, 0.29) is 31.2 Å². The first kappa shape index (κ1) is 21.6. The Morgan fingerprint density at radius 2 is 1.88 bits per heavy atom. The van der Waals surface area contributed by atoms with E-state index in [4.69, 9.17) is 9.15 Å². The van der Waals surface area contributed by atoms with Crippen LogP contribution in [-0.4, -0.2) is 24.3 Å². The minimum Gasteiger partial charge on any atom is -0.486 e. The molecule has 3 amide bonds. The van der Waals surface area contributed by atoms with Gasteiger partial charge in [0.15, 0.2) is 5.76 Å². The van der Waals surface area contributed by atoms with E-state index in [1.807, 2.05) is 48.5 Å². The summed E-state index contributed by atoms with van der Waals surface area (Å²) in [5.41, 5.74) is 5.42. The number of halogens is 1. The Hall–Kier alpha value is -3.59. The first-order valence-corrected chi connectivity index (χ1v) is 10.7. The van der Waals surface area contributed by atoms with E-state index in [9.17, 15) is 14.4 Å². The van der Waals surface area contributed by atoms with Gasteiger partial charge in [-0.1, -0.05) is 40.2 Å². The summed E-state index contributed by atoms with van der Waals surface area (Å²) in [4.78, 5) is 38.7. The monoisotopic (exact) mass is 497 g/mol. The number of nitrogens with one attached hydrogen (secondary N) is 2. The molecule has 1 fully saturated rings. The molecule has 0 aliphatic carbocycles. The summed E-state index contributed by atoms with van der Waals surface area (Å²) < 4.78 is 11.9. The van der Waals surface area contributed by atoms with E-state index in [1.54, 1.807) is 17.0 Å². The van der Waals surface area contributed by atoms with Crippen LogP contribution in [0.2, 0.25) is 0 Å². The predicted octanol–water partition coefficient (Wildman–Crippen LogP) is 3.44. The number of hydrazine groups is 1. The Balaban J connectivity index is 1.27. The standard InChI is InChI=1S/C23H20BrN3O5/c24-16-5-4-6-17(12-16)27-13-15(11-21(27)28)22(29)25-26-23(30)20-10-9-19(32-20)14-31-18-7-2-1-3-8-18/h1-10,12,15H,11,13-14H2,(H,25,29)(H,26,30). The molecule has 1 atom stereocenters. The van der Waals surface area contributed by atoms with Crippen molar-refractivity contribution in [3.05, 3.63) is 82.7 Å². The number of nitrogens with zero attached hydrogens (tertiary/aromatic N) is 1. The van der Waals surface area contributed by atoms with Crippen molar-refractivity contribution in [3.63, 3.8) is 0 Å². The lowest BCUT2D eigenvalue weighted by Crippen LogP contribution is -2.45. The summed E-state index contributed by atoms with van der Waals surface area (Å²) in [5, 5.41) is 0. The number of furan rings is 1. The maximum absolute atomic E-state index is 12.5. The predicted molar refractivity (Wildman–Crippen MR) is 120 cm³/mol. The molecule has 8 nitrogen and oxygen atoms in total. The fourth-order valence-corrected chi connectivity index (χ4v) is 3.69. The van der Waals surface area contributed by atoms with Crippen LogP contribution in [-0.2, 0) is 16.2 Å². The van der Waals surface area contributed by atoms with Crippen molar-refractivity contribution in [2.45, 2.75) is 13.0 Å². The number of para-hydroxylation sites is 1. The molecular weight excluding hydrogens is 478 g/mol. The van der Waals surface area contributed by atoms with Crippen molar-refractivity contribution in [3.8, 4) is 5.75 Å². The fraction of sp³-hybridized carbons (Fsp3) is 0.174. The fourth-order valence-electron chi connectivity index (χ4n) is 3.31. The molecule has 0 bridgehead atoms. The maximum Gasteiger partial charge on any atom is 0.305 e. The number of carbonyl (C=O) groups is 3. The van der Waals surface area contributed by atoms with Crippen molar-refractivity contribution >= 4 is 39.3 Å². The van der Waals surface area contributed by atoms with Crippen molar-refractivity contribution in [2.24, 2.45) is 5.92 Å². The normalized spacial score (nSPS) is 15.5. The number of ether oxygens (including phenoxy) is 1. The zero-order valence-corrected chi connectivity index (χ0v) is 18.5. The van der Waals surface area contributed by atoms with Gasteiger partial charge in [-0.05, 0) is 42.5 Å². The van der Waals surface area contributed by atoms with E-state index < -0.39 is 17.7 Å². The third-order valence-corrected chi connectivity index (χ3v) is 5.42. The van der Waals surface area contributed by atoms with Crippen LogP contribution in [0, 0.1) is 5.92 Å². The molecule has 164 valence electrons. The highest BCUT2D eigenvalue weighted by Crippen LogP contribution is 2.27. The summed E-state index contributed by atoms with van der Waals surface area (Å²) in [7, 11) is 0. The van der Waals surface area contributed by atoms with Gasteiger partial charge in [-0.25, -0.2) is 0 Å². The topological polar surface area (TPSA) is 101 Å². The van der Waals surface area contributed by atoms with Crippen LogP contribution < -0.4 is 20.5 Å². The number of benzene rings is 2. The molecule has 2 aromatic carbocycles. The third kappa shape index (κ3) is 5.17. The molecule has 0 spiro atoms. The zero-order valence-electron chi connectivity index (χ0n) is 16.9. The summed E-state index contributed by atoms with van der Waals surface area (Å²) in [6, 6.07) is 19.7. The van der Waals surface area contributed by atoms with Crippen LogP contribution in [0.4, 0.5) is 5.69 Å². The largest absolute Gasteiger partial charge is 0.486 e. The molecule has 1 unspecified atom stereocenters. The van der Waals surface area contributed by atoms with Crippen molar-refractivity contribution in [2.75, 3.05) is 11.4 Å². The molecule has 0 saturated carbocycles. The maximum atomic E-state index is 12.5. The lowest BCUT2D eigenvalue weighted by Gasteiger charge is -2.17. The summed E-state index contributed by atoms with van der Waals surface area (Å²) >= 11 is 3.38. The van der Waals surface area contributed by atoms with Gasteiger partial charge in [0.25, 0.3) is 0 Å². The molecule has 9 heteroatoms. The van der Waals surface area contributed by atoms with Crippen LogP contribution in [0.25, 0.3) is 0 Å². The quantitative estimate of drug-likeness (QED) is 0.508. The van der Waals surface area contributed by atoms with Crippen LogP contribution in [0.1, 0.15) is 22.7 Å². The smallest absolute Gasteiger partial charge is 0.305 e. The van der Waals surface area contributed by atoms with Crippen LogP contribution in [0.5, 0.6) is 5.75 Å². The van der Waals surface area contributed by atoms with E-state index in [2.05, 4.69) is 26.8 Å². The molecule has 1 aliphatic heterocycles. The second-order valence-electron chi connectivity index (χ2n) is 7.20. The van der Waals surface area contributed by atoms with Gasteiger partial charge in [-0.2, -0.15) is 0 Å². The zero-order chi connectivity index (χ0) is 22.5. The third-order valence-electron chi connectivity index (χ3n) is 4.92. The first-order valence-electron chi connectivity index (χ1n) is 9.92. The van der Waals surface area contributed by atoms with Gasteiger partial charge in [0.05, 0.1) is 5.92 Å². The van der Waals surface area contributed by atoms with Crippen LogP contribution in [0.15, 0.2) is 75.6 Å². The Morgan fingerprint density at radius 1 is 1.06 bits per heavy atom. The second kappa shape index (κ2) is 9.69. The van der Waals surface area contributed by atoms with Crippen molar-refractivity contribution in [1.29, 1.82) is 0 Å². The van der Waals surface area contributed by atoms with E-state index in [0.717, 1.165) is 4.47 Å². The number of rotatable bonds is 6. The molecule has 1 aliphatic rings. The molecule has 4 rings (SSSR count). The van der Waals surface area contributed by atoms with Crippen molar-refractivity contribution < 1.29 is 23.5 Å². The highest BCUT2D eigenvalue weighted by Gasteiger charge is 2.35. The van der Waals surface area contributed by atoms with Crippen LogP contribution in [0.3, 0.4) is 0 Å². The van der Waals surface area contributed by atoms with E-state index in [1.165, 1.54) is 6.07 Å². The molecule has 0 radical (unpaired) electrons. The molecule has 2 heterocycles. The van der Waals surface area contributed by atoms with Gasteiger partial charge in [-0.15, -0.1) is 0 Å². The second-order valence-corrected chi connectivity index (χ2v) is 8.11. The lowest BCUT2D eigenvalue weighted by molar-refractivity contribution is -0.126. The molecule has 2 N–H and O–H groups in total. The number of carbonyl (C=O) groups excluding carboxylic acids is 3. The minimum absolute atomic E-state index is 0.0372. The summed E-state index contributed by atoms with van der Waals surface area (Å²) in [6.07, 6.45) is 0.0654. The SMILES string of the molecule is O=C(NNC(=O)C1CC(=O)N(c2cccc(Br)c2)C1)c1ccc(COc2ccccc2)o1. The molecule has 1 aromatic heterocycles. The Labute approximate surface area is 192 Å². The Bertz CT molecular complexity index is 1130. The number of hydrogen-bond donors (Lipinski definition) is 2. The van der Waals surface area contributed by atoms with Crippen LogP contribution >= 0.6 is 15.9 Å². The van der Waals surface area contributed by atoms with Gasteiger partial charge in [0.1, 0.15) is 18.1 Å². The molecule has 1 saturated heterocycles. The number of hydrogen-bond acceptors (Lipinski definition) is 5. The molecule has 3 aromatic rings. The number of anilines is 1. The Morgan fingerprint density at radius 3 is 2.66 bits per heavy atom. The van der Waals surface area contributed by atoms with Crippen molar-refractivity contribution in [1.82, 2.24) is 10.9 Å². The average molecular weight is 498 g/mol. The highest BCUT2D eigenvalue weighted by molar-refractivity contribution is 9.10. The van der Waals surface area contributed by atoms with Gasteiger partial charge >= 0.3 is 5.91 Å². The summed E-state index contributed by atoms with van der Waals surface area (Å²) in [6.45, 7) is 0.401. The van der Waals surface area contributed by atoms with E-state index >= 15 is 0 Å². The average Bonchev–Trinajstić information content (AvgIpc) is 3.43. The van der Waals surface area contributed by atoms with Gasteiger partial charge in [0.2, 0.25) is 11.8 Å². The Kier molecular flexibility index (Phi) is 6.55. The molecular formula is C23H20BrN3O5. The summed E-state index contributed by atoms with van der Waals surface area (Å²) in [5.74, 6) is -0.575. The van der Waals surface area contributed by atoms with Gasteiger partial charge in [-0.3, -0.25) is 25.2 Å².